The van der Waals surface area contributed by atoms with Crippen LogP contribution in [0.2, 0.25) is 0 Å². The maximum atomic E-state index is 11.6. The Kier molecular flexibility index (Phi) is 6.26. The zero-order valence-corrected chi connectivity index (χ0v) is 10.7. The van der Waals surface area contributed by atoms with E-state index in [1.807, 2.05) is 0 Å². The van der Waals surface area contributed by atoms with Crippen LogP contribution >= 0.6 is 0 Å². The highest BCUT2D eigenvalue weighted by Gasteiger charge is 2.16. The topological polar surface area (TPSA) is 67.4 Å². The largest absolute Gasteiger partial charge is 0.385 e. The van der Waals surface area contributed by atoms with Crippen molar-refractivity contribution in [3.63, 3.8) is 0 Å². The number of sulfonamides is 1. The van der Waals surface area contributed by atoms with E-state index in [1.54, 1.807) is 7.11 Å². The first kappa shape index (κ1) is 13.9. The van der Waals surface area contributed by atoms with Crippen molar-refractivity contribution in [1.82, 2.24) is 10.0 Å². The van der Waals surface area contributed by atoms with E-state index >= 15 is 0 Å². The minimum Gasteiger partial charge on any atom is -0.385 e. The lowest BCUT2D eigenvalue weighted by Crippen LogP contribution is -2.43. The van der Waals surface area contributed by atoms with Crippen molar-refractivity contribution < 1.29 is 13.2 Å². The predicted molar refractivity (Wildman–Crippen MR) is 63.9 cm³/mol. The van der Waals surface area contributed by atoms with Gasteiger partial charge in [-0.1, -0.05) is 6.42 Å². The van der Waals surface area contributed by atoms with Crippen LogP contribution in [0.25, 0.3) is 0 Å². The van der Waals surface area contributed by atoms with Gasteiger partial charge in [-0.05, 0) is 25.8 Å². The summed E-state index contributed by atoms with van der Waals surface area (Å²) in [6.07, 6.45) is 3.98. The molecule has 5 nitrogen and oxygen atoms in total. The van der Waals surface area contributed by atoms with E-state index in [0.29, 0.717) is 25.6 Å². The average Bonchev–Trinajstić information content (AvgIpc) is 2.28. The summed E-state index contributed by atoms with van der Waals surface area (Å²) in [6.45, 7) is 1.99. The molecule has 0 aromatic rings. The van der Waals surface area contributed by atoms with Crippen molar-refractivity contribution in [3.05, 3.63) is 0 Å². The number of ether oxygens (including phenoxy) is 1. The van der Waals surface area contributed by atoms with Crippen LogP contribution in [0.15, 0.2) is 0 Å². The lowest BCUT2D eigenvalue weighted by atomic mass is 10.1. The van der Waals surface area contributed by atoms with Crippen LogP contribution in [0.1, 0.15) is 25.7 Å². The summed E-state index contributed by atoms with van der Waals surface area (Å²) in [5.41, 5.74) is 0. The minimum atomic E-state index is -3.12. The molecule has 1 unspecified atom stereocenters. The highest BCUT2D eigenvalue weighted by atomic mass is 32.2. The lowest BCUT2D eigenvalue weighted by Gasteiger charge is -2.23. The van der Waals surface area contributed by atoms with Gasteiger partial charge >= 0.3 is 0 Å². The van der Waals surface area contributed by atoms with Gasteiger partial charge in [0.15, 0.2) is 0 Å². The van der Waals surface area contributed by atoms with Crippen molar-refractivity contribution in [1.29, 1.82) is 0 Å². The van der Waals surface area contributed by atoms with E-state index in [4.69, 9.17) is 4.74 Å². The third kappa shape index (κ3) is 5.79. The first-order valence-electron chi connectivity index (χ1n) is 5.84. The Labute approximate surface area is 98.0 Å². The van der Waals surface area contributed by atoms with E-state index in [-0.39, 0.29) is 5.75 Å². The summed E-state index contributed by atoms with van der Waals surface area (Å²) >= 11 is 0. The molecular formula is C10H22N2O3S. The fourth-order valence-electron chi connectivity index (χ4n) is 1.79. The van der Waals surface area contributed by atoms with Crippen molar-refractivity contribution >= 4 is 10.0 Å². The molecule has 1 aliphatic heterocycles. The SMILES string of the molecule is COCCCS(=O)(=O)NCC1CCCCN1. The van der Waals surface area contributed by atoms with Gasteiger partial charge in [0.05, 0.1) is 5.75 Å². The quantitative estimate of drug-likeness (QED) is 0.628. The van der Waals surface area contributed by atoms with Gasteiger partial charge in [-0.3, -0.25) is 0 Å². The molecular weight excluding hydrogens is 228 g/mol. The Morgan fingerprint density at radius 3 is 2.88 bits per heavy atom. The van der Waals surface area contributed by atoms with Gasteiger partial charge in [-0.25, -0.2) is 13.1 Å². The fourth-order valence-corrected chi connectivity index (χ4v) is 2.89. The van der Waals surface area contributed by atoms with Crippen molar-refractivity contribution in [2.24, 2.45) is 0 Å². The summed E-state index contributed by atoms with van der Waals surface area (Å²) in [5.74, 6) is 0.146. The standard InChI is InChI=1S/C10H22N2O3S/c1-15-7-4-8-16(13,14)12-9-10-5-2-3-6-11-10/h10-12H,2-9H2,1H3. The molecule has 1 aliphatic rings. The third-order valence-electron chi connectivity index (χ3n) is 2.72. The average molecular weight is 250 g/mol. The lowest BCUT2D eigenvalue weighted by molar-refractivity contribution is 0.199. The third-order valence-corrected chi connectivity index (χ3v) is 4.16. The van der Waals surface area contributed by atoms with E-state index in [0.717, 1.165) is 13.0 Å². The van der Waals surface area contributed by atoms with Crippen LogP contribution in [0, 0.1) is 0 Å². The second kappa shape index (κ2) is 7.21. The van der Waals surface area contributed by atoms with Crippen molar-refractivity contribution in [2.75, 3.05) is 32.6 Å². The second-order valence-electron chi connectivity index (χ2n) is 4.16. The first-order valence-corrected chi connectivity index (χ1v) is 7.49. The Bertz CT molecular complexity index is 274. The smallest absolute Gasteiger partial charge is 0.211 e. The molecule has 1 fully saturated rings. The van der Waals surface area contributed by atoms with Crippen molar-refractivity contribution in [2.45, 2.75) is 31.7 Å². The highest BCUT2D eigenvalue weighted by Crippen LogP contribution is 2.06. The molecule has 1 rings (SSSR count). The van der Waals surface area contributed by atoms with Gasteiger partial charge in [0.1, 0.15) is 0 Å². The van der Waals surface area contributed by atoms with Crippen LogP contribution in [0.5, 0.6) is 0 Å². The number of methoxy groups -OCH3 is 1. The number of nitrogens with one attached hydrogen (secondary N) is 2. The molecule has 1 heterocycles. The molecule has 16 heavy (non-hydrogen) atoms. The Hall–Kier alpha value is -0.170. The zero-order chi connectivity index (χ0) is 11.9. The summed E-state index contributed by atoms with van der Waals surface area (Å²) in [4.78, 5) is 0. The molecule has 96 valence electrons. The molecule has 0 aliphatic carbocycles. The van der Waals surface area contributed by atoms with E-state index in [2.05, 4.69) is 10.0 Å². The molecule has 6 heteroatoms. The molecule has 2 N–H and O–H groups in total. The maximum Gasteiger partial charge on any atom is 0.211 e. The van der Waals surface area contributed by atoms with Crippen LogP contribution in [0.4, 0.5) is 0 Å². The summed E-state index contributed by atoms with van der Waals surface area (Å²) in [7, 11) is -1.55. The summed E-state index contributed by atoms with van der Waals surface area (Å²) < 4.78 is 30.6. The zero-order valence-electron chi connectivity index (χ0n) is 9.87. The maximum absolute atomic E-state index is 11.6. The van der Waals surface area contributed by atoms with Gasteiger partial charge in [-0.2, -0.15) is 0 Å². The molecule has 1 atom stereocenters. The van der Waals surface area contributed by atoms with Crippen LogP contribution in [0.3, 0.4) is 0 Å². The summed E-state index contributed by atoms with van der Waals surface area (Å²) in [6, 6.07) is 0.297. The number of hydrogen-bond acceptors (Lipinski definition) is 4. The van der Waals surface area contributed by atoms with Crippen LogP contribution in [-0.4, -0.2) is 47.0 Å². The van der Waals surface area contributed by atoms with Crippen LogP contribution < -0.4 is 10.0 Å². The Morgan fingerprint density at radius 1 is 1.44 bits per heavy atom. The van der Waals surface area contributed by atoms with E-state index < -0.39 is 10.0 Å². The number of hydrogen-bond donors (Lipinski definition) is 2. The number of rotatable bonds is 7. The first-order chi connectivity index (χ1) is 7.64. The molecule has 0 saturated carbocycles. The fraction of sp³-hybridized carbons (Fsp3) is 1.00. The number of piperidine rings is 1. The van der Waals surface area contributed by atoms with E-state index in [9.17, 15) is 8.42 Å². The monoisotopic (exact) mass is 250 g/mol. The van der Waals surface area contributed by atoms with Crippen LogP contribution in [-0.2, 0) is 14.8 Å². The highest BCUT2D eigenvalue weighted by molar-refractivity contribution is 7.89. The predicted octanol–water partition coefficient (Wildman–Crippen LogP) is 0.0844. The van der Waals surface area contributed by atoms with Gasteiger partial charge in [0.25, 0.3) is 0 Å². The second-order valence-corrected chi connectivity index (χ2v) is 6.09. The Morgan fingerprint density at radius 2 is 2.25 bits per heavy atom. The van der Waals surface area contributed by atoms with Gasteiger partial charge in [-0.15, -0.1) is 0 Å². The molecule has 0 spiro atoms. The molecule has 0 aromatic carbocycles. The minimum absolute atomic E-state index is 0.146. The molecule has 0 bridgehead atoms. The summed E-state index contributed by atoms with van der Waals surface area (Å²) in [5, 5.41) is 3.31. The normalized spacial score (nSPS) is 22.2. The molecule has 0 amide bonds. The molecule has 0 radical (unpaired) electrons. The molecule has 0 aromatic heterocycles. The van der Waals surface area contributed by atoms with E-state index in [1.165, 1.54) is 12.8 Å². The Balaban J connectivity index is 2.18. The van der Waals surface area contributed by atoms with Gasteiger partial charge < -0.3 is 10.1 Å². The van der Waals surface area contributed by atoms with Gasteiger partial charge in [0, 0.05) is 26.3 Å². The van der Waals surface area contributed by atoms with Crippen molar-refractivity contribution in [3.8, 4) is 0 Å². The molecule has 1 saturated heterocycles. The van der Waals surface area contributed by atoms with Gasteiger partial charge in [0.2, 0.25) is 10.0 Å².